The average molecular weight is 336 g/mol. The van der Waals surface area contributed by atoms with Crippen molar-refractivity contribution in [3.8, 4) is 0 Å². The van der Waals surface area contributed by atoms with E-state index in [4.69, 9.17) is 0 Å². The number of halogens is 1. The van der Waals surface area contributed by atoms with Gasteiger partial charge >= 0.3 is 0 Å². The molecule has 100 valence electrons. The van der Waals surface area contributed by atoms with Gasteiger partial charge in [0.25, 0.3) is 5.69 Å². The molecule has 1 aromatic rings. The molecule has 2 unspecified atom stereocenters. The molecule has 1 aromatic heterocycles. The second-order valence-corrected chi connectivity index (χ2v) is 6.47. The molecule has 0 amide bonds. The summed E-state index contributed by atoms with van der Waals surface area (Å²) in [5.41, 5.74) is 0.488. The molecule has 0 aliphatic heterocycles. The van der Waals surface area contributed by atoms with Crippen molar-refractivity contribution in [3.05, 3.63) is 26.3 Å². The summed E-state index contributed by atoms with van der Waals surface area (Å²) < 4.78 is 11.8. The third-order valence-electron chi connectivity index (χ3n) is 2.56. The Kier molecular flexibility index (Phi) is 5.21. The molecule has 1 N–H and O–H groups in total. The predicted octanol–water partition coefficient (Wildman–Crippen LogP) is 2.24. The predicted molar refractivity (Wildman–Crippen MR) is 75.3 cm³/mol. The Bertz CT molecular complexity index is 496. The van der Waals surface area contributed by atoms with Crippen LogP contribution < -0.4 is 5.32 Å². The van der Waals surface area contributed by atoms with Gasteiger partial charge in [0.05, 0.1) is 9.40 Å². The van der Waals surface area contributed by atoms with Gasteiger partial charge in [-0.05, 0) is 29.8 Å². The van der Waals surface area contributed by atoms with Gasteiger partial charge in [-0.15, -0.1) is 0 Å². The Balaban J connectivity index is 2.89. The summed E-state index contributed by atoms with van der Waals surface area (Å²) in [4.78, 5) is 14.2. The Morgan fingerprint density at radius 2 is 2.28 bits per heavy atom. The zero-order valence-corrected chi connectivity index (χ0v) is 12.7. The van der Waals surface area contributed by atoms with E-state index in [1.54, 1.807) is 13.2 Å². The number of pyridine rings is 1. The minimum Gasteiger partial charge on any atom is -0.368 e. The maximum absolute atomic E-state index is 11.2. The van der Waals surface area contributed by atoms with Crippen LogP contribution in [0.15, 0.2) is 10.7 Å². The highest BCUT2D eigenvalue weighted by molar-refractivity contribution is 9.10. The molecular weight excluding hydrogens is 322 g/mol. The van der Waals surface area contributed by atoms with Gasteiger partial charge in [-0.25, -0.2) is 4.98 Å². The molecule has 0 radical (unpaired) electrons. The molecule has 0 spiro atoms. The molecule has 0 fully saturated rings. The molecule has 1 heterocycles. The molecule has 2 atom stereocenters. The molecule has 0 aliphatic rings. The molecule has 0 saturated carbocycles. The van der Waals surface area contributed by atoms with Crippen LogP contribution in [-0.2, 0) is 10.8 Å². The standard InChI is InChI=1S/C10H14BrN3O3S/c1-6(18(3)17)4-12-10-9(11)7(2)8(5-13-10)14(15)16/h5-6H,4H2,1-3H3,(H,12,13). The summed E-state index contributed by atoms with van der Waals surface area (Å²) >= 11 is 3.28. The summed E-state index contributed by atoms with van der Waals surface area (Å²) in [5, 5.41) is 13.7. The smallest absolute Gasteiger partial charge is 0.291 e. The van der Waals surface area contributed by atoms with Crippen LogP contribution in [0.3, 0.4) is 0 Å². The number of rotatable bonds is 5. The van der Waals surface area contributed by atoms with E-state index in [2.05, 4.69) is 26.2 Å². The van der Waals surface area contributed by atoms with Crippen molar-refractivity contribution in [2.24, 2.45) is 0 Å². The Labute approximate surface area is 116 Å². The van der Waals surface area contributed by atoms with E-state index in [0.29, 0.717) is 22.4 Å². The number of nitrogens with one attached hydrogen (secondary N) is 1. The molecular formula is C10H14BrN3O3S. The summed E-state index contributed by atoms with van der Waals surface area (Å²) in [7, 11) is -0.921. The van der Waals surface area contributed by atoms with Crippen LogP contribution in [0.4, 0.5) is 11.5 Å². The first-order valence-corrected chi connectivity index (χ1v) is 7.61. The number of hydrogen-bond acceptors (Lipinski definition) is 5. The maximum atomic E-state index is 11.2. The van der Waals surface area contributed by atoms with Crippen LogP contribution >= 0.6 is 15.9 Å². The monoisotopic (exact) mass is 335 g/mol. The quantitative estimate of drug-likeness (QED) is 0.658. The highest BCUT2D eigenvalue weighted by Crippen LogP contribution is 2.30. The minimum absolute atomic E-state index is 0.0193. The zero-order chi connectivity index (χ0) is 13.9. The second-order valence-electron chi connectivity index (χ2n) is 3.88. The number of nitro groups is 1. The van der Waals surface area contributed by atoms with Crippen molar-refractivity contribution in [2.45, 2.75) is 19.1 Å². The summed E-state index contributed by atoms with van der Waals surface area (Å²) in [5.74, 6) is 0.524. The fourth-order valence-corrected chi connectivity index (χ4v) is 2.00. The van der Waals surface area contributed by atoms with E-state index in [1.165, 1.54) is 6.20 Å². The normalized spacial score (nSPS) is 14.0. The van der Waals surface area contributed by atoms with E-state index in [-0.39, 0.29) is 10.9 Å². The molecule has 6 nitrogen and oxygen atoms in total. The van der Waals surface area contributed by atoms with Gasteiger partial charge in [0, 0.05) is 34.4 Å². The number of nitrogens with zero attached hydrogens (tertiary/aromatic N) is 2. The lowest BCUT2D eigenvalue weighted by Crippen LogP contribution is -2.21. The van der Waals surface area contributed by atoms with E-state index in [9.17, 15) is 14.3 Å². The van der Waals surface area contributed by atoms with Gasteiger partial charge in [-0.2, -0.15) is 0 Å². The summed E-state index contributed by atoms with van der Waals surface area (Å²) in [6.07, 6.45) is 2.85. The van der Waals surface area contributed by atoms with E-state index in [0.717, 1.165) is 0 Å². The van der Waals surface area contributed by atoms with Crippen LogP contribution in [0.1, 0.15) is 12.5 Å². The van der Waals surface area contributed by atoms with Gasteiger partial charge in [-0.3, -0.25) is 14.3 Å². The van der Waals surface area contributed by atoms with Crippen molar-refractivity contribution in [3.63, 3.8) is 0 Å². The molecule has 0 bridgehead atoms. The number of anilines is 1. The molecule has 8 heteroatoms. The fourth-order valence-electron chi connectivity index (χ4n) is 1.23. The highest BCUT2D eigenvalue weighted by Gasteiger charge is 2.17. The SMILES string of the molecule is Cc1c([N+](=O)[O-])cnc(NCC(C)S(C)=O)c1Br. The lowest BCUT2D eigenvalue weighted by atomic mass is 10.2. The van der Waals surface area contributed by atoms with E-state index in [1.807, 2.05) is 6.92 Å². The lowest BCUT2D eigenvalue weighted by molar-refractivity contribution is -0.385. The van der Waals surface area contributed by atoms with Crippen LogP contribution in [0, 0.1) is 17.0 Å². The Hall–Kier alpha value is -1.02. The van der Waals surface area contributed by atoms with Gasteiger partial charge < -0.3 is 5.32 Å². The van der Waals surface area contributed by atoms with Gasteiger partial charge in [0.2, 0.25) is 0 Å². The highest BCUT2D eigenvalue weighted by atomic mass is 79.9. The van der Waals surface area contributed by atoms with Crippen molar-refractivity contribution in [1.29, 1.82) is 0 Å². The zero-order valence-electron chi connectivity index (χ0n) is 10.3. The molecule has 0 aliphatic carbocycles. The van der Waals surface area contributed by atoms with Gasteiger partial charge in [0.15, 0.2) is 0 Å². The maximum Gasteiger partial charge on any atom is 0.291 e. The van der Waals surface area contributed by atoms with E-state index < -0.39 is 15.7 Å². The molecule has 0 aromatic carbocycles. The van der Waals surface area contributed by atoms with Crippen molar-refractivity contribution in [2.75, 3.05) is 18.1 Å². The van der Waals surface area contributed by atoms with Crippen LogP contribution in [-0.4, -0.2) is 32.2 Å². The topological polar surface area (TPSA) is 85.1 Å². The van der Waals surface area contributed by atoms with Crippen LogP contribution in [0.2, 0.25) is 0 Å². The van der Waals surface area contributed by atoms with E-state index >= 15 is 0 Å². The largest absolute Gasteiger partial charge is 0.368 e. The third-order valence-corrected chi connectivity index (χ3v) is 4.83. The summed E-state index contributed by atoms with van der Waals surface area (Å²) in [6.45, 7) is 4.00. The average Bonchev–Trinajstić information content (AvgIpc) is 2.30. The number of aromatic nitrogens is 1. The van der Waals surface area contributed by atoms with Gasteiger partial charge in [0.1, 0.15) is 12.0 Å². The third kappa shape index (κ3) is 3.49. The van der Waals surface area contributed by atoms with Gasteiger partial charge in [-0.1, -0.05) is 0 Å². The fraction of sp³-hybridized carbons (Fsp3) is 0.500. The lowest BCUT2D eigenvalue weighted by Gasteiger charge is -2.12. The molecule has 0 saturated heterocycles. The van der Waals surface area contributed by atoms with Crippen molar-refractivity contribution >= 4 is 38.2 Å². The number of hydrogen-bond donors (Lipinski definition) is 1. The first kappa shape index (κ1) is 15.0. The first-order chi connectivity index (χ1) is 8.34. The molecule has 18 heavy (non-hydrogen) atoms. The molecule has 1 rings (SSSR count). The second kappa shape index (κ2) is 6.24. The Morgan fingerprint density at radius 1 is 1.67 bits per heavy atom. The van der Waals surface area contributed by atoms with Crippen LogP contribution in [0.5, 0.6) is 0 Å². The minimum atomic E-state index is -0.921. The first-order valence-electron chi connectivity index (χ1n) is 5.20. The van der Waals surface area contributed by atoms with Crippen molar-refractivity contribution < 1.29 is 9.13 Å². The van der Waals surface area contributed by atoms with Crippen molar-refractivity contribution in [1.82, 2.24) is 4.98 Å². The summed E-state index contributed by atoms with van der Waals surface area (Å²) in [6, 6.07) is 0. The Morgan fingerprint density at radius 3 is 2.78 bits per heavy atom. The van der Waals surface area contributed by atoms with Crippen LogP contribution in [0.25, 0.3) is 0 Å².